The van der Waals surface area contributed by atoms with Gasteiger partial charge in [-0.05, 0) is 48.2 Å². The molecule has 0 unspecified atom stereocenters. The molecule has 2 aromatic carbocycles. The number of benzene rings is 2. The number of rotatable bonds is 6. The summed E-state index contributed by atoms with van der Waals surface area (Å²) in [5, 5.41) is 7.20. The van der Waals surface area contributed by atoms with Crippen LogP contribution in [0.5, 0.6) is 0 Å². The summed E-state index contributed by atoms with van der Waals surface area (Å²) in [7, 11) is 0. The number of nitrogens with one attached hydrogen (secondary N) is 1. The Hall–Kier alpha value is -2.88. The molecule has 3 aromatic rings. The van der Waals surface area contributed by atoms with Crippen molar-refractivity contribution < 1.29 is 4.79 Å². The van der Waals surface area contributed by atoms with E-state index in [2.05, 4.69) is 22.5 Å². The summed E-state index contributed by atoms with van der Waals surface area (Å²) in [4.78, 5) is 12.0. The van der Waals surface area contributed by atoms with Gasteiger partial charge in [-0.3, -0.25) is 4.79 Å². The number of hydrogen-bond acceptors (Lipinski definition) is 2. The van der Waals surface area contributed by atoms with Crippen LogP contribution < -0.4 is 5.32 Å². The van der Waals surface area contributed by atoms with Crippen LogP contribution in [-0.4, -0.2) is 22.2 Å². The van der Waals surface area contributed by atoms with Gasteiger partial charge in [0.2, 0.25) is 5.91 Å². The fourth-order valence-corrected chi connectivity index (χ4v) is 2.63. The molecule has 0 saturated heterocycles. The molecule has 1 N–H and O–H groups in total. The highest BCUT2D eigenvalue weighted by atomic mass is 16.1. The predicted octanol–water partition coefficient (Wildman–Crippen LogP) is 3.08. The molecule has 1 amide bonds. The maximum atomic E-state index is 12.0. The van der Waals surface area contributed by atoms with Crippen LogP contribution in [0.2, 0.25) is 0 Å². The first-order valence-electron chi connectivity index (χ1n) is 8.12. The van der Waals surface area contributed by atoms with Gasteiger partial charge in [-0.2, -0.15) is 5.10 Å². The second kappa shape index (κ2) is 7.59. The molecule has 0 fully saturated rings. The summed E-state index contributed by atoms with van der Waals surface area (Å²) in [5.74, 6) is 0.0671. The van der Waals surface area contributed by atoms with Gasteiger partial charge in [-0.15, -0.1) is 0 Å². The summed E-state index contributed by atoms with van der Waals surface area (Å²) in [6.45, 7) is 2.68. The molecule has 0 aliphatic heterocycles. The molecular formula is C20H21N3O. The van der Waals surface area contributed by atoms with Gasteiger partial charge in [0, 0.05) is 18.9 Å². The number of carbonyl (C=O) groups excluding carboxylic acids is 1. The maximum absolute atomic E-state index is 12.0. The fourth-order valence-electron chi connectivity index (χ4n) is 2.63. The average Bonchev–Trinajstić information content (AvgIpc) is 3.12. The van der Waals surface area contributed by atoms with Gasteiger partial charge >= 0.3 is 0 Å². The van der Waals surface area contributed by atoms with E-state index in [-0.39, 0.29) is 5.91 Å². The standard InChI is InChI=1S/C20H21N3O/c1-16-5-2-3-6-18(16)15-20(24)21-13-11-17-7-9-19(10-8-17)23-14-4-12-22-23/h2-10,12,14H,11,13,15H2,1H3,(H,21,24). The molecule has 0 aliphatic rings. The van der Waals surface area contributed by atoms with Crippen molar-refractivity contribution >= 4 is 5.91 Å². The highest BCUT2D eigenvalue weighted by Gasteiger charge is 2.05. The highest BCUT2D eigenvalue weighted by Crippen LogP contribution is 2.09. The Kier molecular flexibility index (Phi) is 5.06. The highest BCUT2D eigenvalue weighted by molar-refractivity contribution is 5.78. The zero-order valence-corrected chi connectivity index (χ0v) is 13.8. The summed E-state index contributed by atoms with van der Waals surface area (Å²) in [6, 6.07) is 18.1. The van der Waals surface area contributed by atoms with Gasteiger partial charge in [-0.1, -0.05) is 36.4 Å². The molecule has 1 aromatic heterocycles. The first kappa shape index (κ1) is 16.0. The lowest BCUT2D eigenvalue weighted by atomic mass is 10.1. The number of amides is 1. The maximum Gasteiger partial charge on any atom is 0.224 e. The van der Waals surface area contributed by atoms with E-state index >= 15 is 0 Å². The third-order valence-corrected chi connectivity index (χ3v) is 4.05. The van der Waals surface area contributed by atoms with Crippen LogP contribution in [0.15, 0.2) is 67.0 Å². The minimum Gasteiger partial charge on any atom is -0.355 e. The Morgan fingerprint density at radius 1 is 1.08 bits per heavy atom. The first-order chi connectivity index (χ1) is 11.7. The normalized spacial score (nSPS) is 10.5. The van der Waals surface area contributed by atoms with E-state index in [1.54, 1.807) is 6.20 Å². The second-order valence-corrected chi connectivity index (χ2v) is 5.82. The SMILES string of the molecule is Cc1ccccc1CC(=O)NCCc1ccc(-n2cccn2)cc1. The molecule has 1 heterocycles. The molecule has 0 spiro atoms. The minimum absolute atomic E-state index is 0.0671. The van der Waals surface area contributed by atoms with Crippen LogP contribution in [0.3, 0.4) is 0 Å². The number of aryl methyl sites for hydroxylation is 1. The van der Waals surface area contributed by atoms with E-state index < -0.39 is 0 Å². The van der Waals surface area contributed by atoms with E-state index in [1.165, 1.54) is 5.56 Å². The van der Waals surface area contributed by atoms with Gasteiger partial charge in [0.05, 0.1) is 12.1 Å². The van der Waals surface area contributed by atoms with Gasteiger partial charge < -0.3 is 5.32 Å². The van der Waals surface area contributed by atoms with Crippen molar-refractivity contribution in [1.82, 2.24) is 15.1 Å². The Balaban J connectivity index is 1.48. The molecule has 3 rings (SSSR count). The van der Waals surface area contributed by atoms with E-state index in [0.29, 0.717) is 13.0 Å². The third kappa shape index (κ3) is 4.10. The number of carbonyl (C=O) groups is 1. The Morgan fingerprint density at radius 2 is 1.88 bits per heavy atom. The van der Waals surface area contributed by atoms with Crippen LogP contribution in [0, 0.1) is 6.92 Å². The van der Waals surface area contributed by atoms with Crippen LogP contribution in [0.1, 0.15) is 16.7 Å². The summed E-state index contributed by atoms with van der Waals surface area (Å²) in [6.07, 6.45) is 4.93. The molecule has 0 bridgehead atoms. The van der Waals surface area contributed by atoms with Crippen molar-refractivity contribution in [2.75, 3.05) is 6.54 Å². The molecule has 0 atom stereocenters. The van der Waals surface area contributed by atoms with Crippen LogP contribution in [0.25, 0.3) is 5.69 Å². The number of hydrogen-bond donors (Lipinski definition) is 1. The van der Waals surface area contributed by atoms with E-state index in [1.807, 2.05) is 60.3 Å². The zero-order valence-electron chi connectivity index (χ0n) is 13.8. The largest absolute Gasteiger partial charge is 0.355 e. The molecular weight excluding hydrogens is 298 g/mol. The van der Waals surface area contributed by atoms with E-state index in [4.69, 9.17) is 0 Å². The molecule has 4 heteroatoms. The third-order valence-electron chi connectivity index (χ3n) is 4.05. The number of nitrogens with zero attached hydrogens (tertiary/aromatic N) is 2. The average molecular weight is 319 g/mol. The number of aromatic nitrogens is 2. The van der Waals surface area contributed by atoms with Crippen molar-refractivity contribution in [3.63, 3.8) is 0 Å². The minimum atomic E-state index is 0.0671. The van der Waals surface area contributed by atoms with Gasteiger partial charge in [0.1, 0.15) is 0 Å². The van der Waals surface area contributed by atoms with Gasteiger partial charge in [0.25, 0.3) is 0 Å². The summed E-state index contributed by atoms with van der Waals surface area (Å²) >= 11 is 0. The van der Waals surface area contributed by atoms with Crippen LogP contribution in [-0.2, 0) is 17.6 Å². The van der Waals surface area contributed by atoms with Crippen LogP contribution >= 0.6 is 0 Å². The lowest BCUT2D eigenvalue weighted by molar-refractivity contribution is -0.120. The summed E-state index contributed by atoms with van der Waals surface area (Å²) < 4.78 is 1.83. The monoisotopic (exact) mass is 319 g/mol. The molecule has 24 heavy (non-hydrogen) atoms. The topological polar surface area (TPSA) is 46.9 Å². The first-order valence-corrected chi connectivity index (χ1v) is 8.12. The lowest BCUT2D eigenvalue weighted by Crippen LogP contribution is -2.27. The Bertz CT molecular complexity index is 792. The zero-order chi connectivity index (χ0) is 16.8. The van der Waals surface area contributed by atoms with E-state index in [9.17, 15) is 4.79 Å². The molecule has 0 saturated carbocycles. The Morgan fingerprint density at radius 3 is 2.58 bits per heavy atom. The smallest absolute Gasteiger partial charge is 0.224 e. The molecule has 0 radical (unpaired) electrons. The van der Waals surface area contributed by atoms with Crippen molar-refractivity contribution in [2.24, 2.45) is 0 Å². The molecule has 0 aliphatic carbocycles. The summed E-state index contributed by atoms with van der Waals surface area (Å²) in [5.41, 5.74) is 4.47. The molecule has 4 nitrogen and oxygen atoms in total. The van der Waals surface area contributed by atoms with Crippen molar-refractivity contribution in [3.05, 3.63) is 83.7 Å². The Labute approximate surface area is 142 Å². The van der Waals surface area contributed by atoms with E-state index in [0.717, 1.165) is 23.2 Å². The molecule has 122 valence electrons. The van der Waals surface area contributed by atoms with Crippen molar-refractivity contribution in [3.8, 4) is 5.69 Å². The predicted molar refractivity (Wildman–Crippen MR) is 95.2 cm³/mol. The van der Waals surface area contributed by atoms with Crippen molar-refractivity contribution in [1.29, 1.82) is 0 Å². The van der Waals surface area contributed by atoms with Crippen molar-refractivity contribution in [2.45, 2.75) is 19.8 Å². The fraction of sp³-hybridized carbons (Fsp3) is 0.200. The second-order valence-electron chi connectivity index (χ2n) is 5.82. The van der Waals surface area contributed by atoms with Gasteiger partial charge in [0.15, 0.2) is 0 Å². The van der Waals surface area contributed by atoms with Crippen LogP contribution in [0.4, 0.5) is 0 Å². The lowest BCUT2D eigenvalue weighted by Gasteiger charge is -2.08. The van der Waals surface area contributed by atoms with Gasteiger partial charge in [-0.25, -0.2) is 4.68 Å². The quantitative estimate of drug-likeness (QED) is 0.759.